The van der Waals surface area contributed by atoms with E-state index >= 15 is 0 Å². The minimum absolute atomic E-state index is 0.314. The molecule has 76 valence electrons. The number of allylic oxidation sites excluding steroid dienone is 6. The van der Waals surface area contributed by atoms with Gasteiger partial charge in [0.25, 0.3) is 0 Å². The van der Waals surface area contributed by atoms with Crippen LogP contribution in [0.1, 0.15) is 40.5 Å². The Labute approximate surface area is 87.4 Å². The van der Waals surface area contributed by atoms with Crippen LogP contribution in [0.25, 0.3) is 0 Å². The summed E-state index contributed by atoms with van der Waals surface area (Å²) in [5.74, 6) is 0. The molecular weight excluding hydrogens is 168 g/mol. The molecule has 2 atom stereocenters. The zero-order chi connectivity index (χ0) is 10.4. The van der Waals surface area contributed by atoms with E-state index in [1.807, 2.05) is 0 Å². The molecule has 0 aromatic carbocycles. The molecule has 2 bridgehead atoms. The molecule has 0 nitrogen and oxygen atoms in total. The van der Waals surface area contributed by atoms with E-state index in [0.717, 1.165) is 0 Å². The number of hydrogen-bond acceptors (Lipinski definition) is 0. The van der Waals surface area contributed by atoms with Crippen LogP contribution in [0.4, 0.5) is 0 Å². The summed E-state index contributed by atoms with van der Waals surface area (Å²) in [7, 11) is 0. The maximum absolute atomic E-state index is 2.36. The van der Waals surface area contributed by atoms with E-state index in [0.29, 0.717) is 10.8 Å². The first kappa shape index (κ1) is 9.76. The highest BCUT2D eigenvalue weighted by molar-refractivity contribution is 5.37. The maximum atomic E-state index is 2.36. The van der Waals surface area contributed by atoms with E-state index in [1.165, 1.54) is 12.8 Å². The molecule has 0 heteroatoms. The molecule has 0 aromatic heterocycles. The zero-order valence-electron chi connectivity index (χ0n) is 9.72. The molecule has 0 aliphatic heterocycles. The Bertz CT molecular complexity index is 309. The van der Waals surface area contributed by atoms with E-state index in [4.69, 9.17) is 0 Å². The lowest BCUT2D eigenvalue weighted by Crippen LogP contribution is -2.31. The predicted molar refractivity (Wildman–Crippen MR) is 62.1 cm³/mol. The fraction of sp³-hybridized carbons (Fsp3) is 0.571. The Morgan fingerprint density at radius 2 is 1.21 bits per heavy atom. The lowest BCUT2D eigenvalue weighted by atomic mass is 9.61. The molecule has 0 aromatic rings. The Kier molecular flexibility index (Phi) is 1.99. The molecule has 0 saturated heterocycles. The maximum Gasteiger partial charge on any atom is 0.00661 e. The quantitative estimate of drug-likeness (QED) is 0.498. The average molecular weight is 188 g/mol. The third kappa shape index (κ3) is 1.20. The minimum atomic E-state index is 0.314. The minimum Gasteiger partial charge on any atom is -0.0746 e. The van der Waals surface area contributed by atoms with Gasteiger partial charge in [-0.05, 0) is 26.7 Å². The van der Waals surface area contributed by atoms with Crippen molar-refractivity contribution in [1.29, 1.82) is 0 Å². The highest BCUT2D eigenvalue weighted by atomic mass is 14.4. The van der Waals surface area contributed by atoms with Gasteiger partial charge in [0.2, 0.25) is 0 Å². The van der Waals surface area contributed by atoms with Gasteiger partial charge in [-0.15, -0.1) is 0 Å². The molecule has 0 fully saturated rings. The fourth-order valence-electron chi connectivity index (χ4n) is 2.70. The first-order valence-corrected chi connectivity index (χ1v) is 5.53. The van der Waals surface area contributed by atoms with Crippen LogP contribution in [-0.4, -0.2) is 0 Å². The van der Waals surface area contributed by atoms with Crippen molar-refractivity contribution in [2.75, 3.05) is 0 Å². The molecule has 0 heterocycles. The van der Waals surface area contributed by atoms with Crippen molar-refractivity contribution in [2.24, 2.45) is 10.8 Å². The van der Waals surface area contributed by atoms with Crippen LogP contribution >= 0.6 is 0 Å². The highest BCUT2D eigenvalue weighted by Gasteiger charge is 2.38. The van der Waals surface area contributed by atoms with Crippen LogP contribution in [-0.2, 0) is 0 Å². The zero-order valence-corrected chi connectivity index (χ0v) is 9.72. The highest BCUT2D eigenvalue weighted by Crippen LogP contribution is 2.51. The van der Waals surface area contributed by atoms with Crippen LogP contribution in [0.15, 0.2) is 35.5 Å². The molecule has 3 aliphatic rings. The van der Waals surface area contributed by atoms with Gasteiger partial charge in [0.1, 0.15) is 0 Å². The summed E-state index contributed by atoms with van der Waals surface area (Å²) in [6.07, 6.45) is 11.7. The molecular formula is C14H20. The molecule has 3 aliphatic carbocycles. The van der Waals surface area contributed by atoms with Crippen molar-refractivity contribution in [3.63, 3.8) is 0 Å². The van der Waals surface area contributed by atoms with Gasteiger partial charge in [-0.2, -0.15) is 0 Å². The first-order chi connectivity index (χ1) is 6.48. The summed E-state index contributed by atoms with van der Waals surface area (Å²) in [5.41, 5.74) is 3.78. The van der Waals surface area contributed by atoms with Gasteiger partial charge >= 0.3 is 0 Å². The van der Waals surface area contributed by atoms with E-state index in [1.54, 1.807) is 11.1 Å². The molecule has 3 rings (SSSR count). The van der Waals surface area contributed by atoms with E-state index in [-0.39, 0.29) is 0 Å². The Morgan fingerprint density at radius 3 is 1.57 bits per heavy atom. The normalized spacial score (nSPS) is 46.0. The summed E-state index contributed by atoms with van der Waals surface area (Å²) in [6, 6.07) is 0. The summed E-state index contributed by atoms with van der Waals surface area (Å²) >= 11 is 0. The van der Waals surface area contributed by atoms with Crippen molar-refractivity contribution in [2.45, 2.75) is 40.5 Å². The lowest BCUT2D eigenvalue weighted by Gasteiger charge is -2.43. The monoisotopic (exact) mass is 188 g/mol. The molecule has 0 spiro atoms. The second-order valence-electron chi connectivity index (χ2n) is 5.30. The van der Waals surface area contributed by atoms with E-state index in [9.17, 15) is 0 Å². The Morgan fingerprint density at radius 1 is 0.857 bits per heavy atom. The predicted octanol–water partition coefficient (Wildman–Crippen LogP) is 4.26. The van der Waals surface area contributed by atoms with Gasteiger partial charge in [0.15, 0.2) is 0 Å². The lowest BCUT2D eigenvalue weighted by molar-refractivity contribution is 0.312. The fourth-order valence-corrected chi connectivity index (χ4v) is 2.70. The summed E-state index contributed by atoms with van der Waals surface area (Å²) in [6.45, 7) is 9.33. The Hall–Kier alpha value is -0.780. The van der Waals surface area contributed by atoms with Gasteiger partial charge in [0.05, 0.1) is 0 Å². The van der Waals surface area contributed by atoms with Crippen molar-refractivity contribution in [3.05, 3.63) is 35.5 Å². The molecule has 0 N–H and O–H groups in total. The summed E-state index contributed by atoms with van der Waals surface area (Å²) < 4.78 is 0. The van der Waals surface area contributed by atoms with Gasteiger partial charge in [0, 0.05) is 10.8 Å². The smallest absolute Gasteiger partial charge is 0.00661 e. The first-order valence-electron chi connectivity index (χ1n) is 5.53. The van der Waals surface area contributed by atoms with E-state index < -0.39 is 0 Å². The second kappa shape index (κ2) is 2.85. The third-order valence-corrected chi connectivity index (χ3v) is 4.48. The van der Waals surface area contributed by atoms with Crippen molar-refractivity contribution in [3.8, 4) is 0 Å². The number of hydrogen-bond donors (Lipinski definition) is 0. The molecule has 2 unspecified atom stereocenters. The summed E-state index contributed by atoms with van der Waals surface area (Å²) in [5, 5.41) is 0. The molecule has 0 radical (unpaired) electrons. The molecule has 14 heavy (non-hydrogen) atoms. The van der Waals surface area contributed by atoms with Crippen molar-refractivity contribution in [1.82, 2.24) is 0 Å². The molecule has 0 amide bonds. The van der Waals surface area contributed by atoms with Gasteiger partial charge < -0.3 is 0 Å². The topological polar surface area (TPSA) is 0 Å². The third-order valence-electron chi connectivity index (χ3n) is 4.48. The van der Waals surface area contributed by atoms with Crippen LogP contribution in [0.3, 0.4) is 0 Å². The van der Waals surface area contributed by atoms with E-state index in [2.05, 4.69) is 52.0 Å². The van der Waals surface area contributed by atoms with Gasteiger partial charge in [-0.3, -0.25) is 0 Å². The standard InChI is InChI=1S/C14H20/c1-11-12(2)14(4)8-6-5-7-13(11,3)9-10-14/h5-8H,9-10H2,1-4H3/b7-5-,8-6-. The Balaban J connectivity index is 2.64. The molecule has 0 saturated carbocycles. The number of rotatable bonds is 0. The average Bonchev–Trinajstić information content (AvgIpc) is 2.15. The SMILES string of the molecule is CC1=C(C)C2(C)/C=C\C=C/C1(C)CC2. The second-order valence-corrected chi connectivity index (χ2v) is 5.30. The number of fused-ring (bicyclic) bond motifs is 2. The largest absolute Gasteiger partial charge is 0.0746 e. The van der Waals surface area contributed by atoms with Crippen LogP contribution in [0.5, 0.6) is 0 Å². The van der Waals surface area contributed by atoms with Crippen LogP contribution < -0.4 is 0 Å². The summed E-state index contributed by atoms with van der Waals surface area (Å²) in [4.78, 5) is 0. The van der Waals surface area contributed by atoms with Crippen molar-refractivity contribution < 1.29 is 0 Å². The van der Waals surface area contributed by atoms with Crippen molar-refractivity contribution >= 4 is 0 Å². The van der Waals surface area contributed by atoms with Gasteiger partial charge in [-0.1, -0.05) is 49.3 Å². The van der Waals surface area contributed by atoms with Gasteiger partial charge in [-0.25, -0.2) is 0 Å². The van der Waals surface area contributed by atoms with Crippen LogP contribution in [0, 0.1) is 10.8 Å². The van der Waals surface area contributed by atoms with Crippen LogP contribution in [0.2, 0.25) is 0 Å².